The molecule has 1 heterocycles. The van der Waals surface area contributed by atoms with E-state index in [4.69, 9.17) is 5.26 Å². The maximum absolute atomic E-state index is 12.9. The Bertz CT molecular complexity index is 1040. The van der Waals surface area contributed by atoms with Crippen LogP contribution < -0.4 is 4.90 Å². The zero-order valence-electron chi connectivity index (χ0n) is 16.8. The molecule has 0 saturated carbocycles. The van der Waals surface area contributed by atoms with E-state index in [-0.39, 0.29) is 18.1 Å². The normalized spacial score (nSPS) is 10.6. The minimum atomic E-state index is -0.0606. The third-order valence-corrected chi connectivity index (χ3v) is 5.64. The Morgan fingerprint density at radius 2 is 1.86 bits per heavy atom. The van der Waals surface area contributed by atoms with Gasteiger partial charge in [0.05, 0.1) is 18.2 Å². The summed E-state index contributed by atoms with van der Waals surface area (Å²) in [6, 6.07) is 17.9. The van der Waals surface area contributed by atoms with Gasteiger partial charge in [0.1, 0.15) is 0 Å². The van der Waals surface area contributed by atoms with E-state index >= 15 is 0 Å². The molecule has 0 aliphatic carbocycles. The minimum absolute atomic E-state index is 0.0606. The Hall–Kier alpha value is -3.11. The van der Waals surface area contributed by atoms with Gasteiger partial charge in [-0.15, -0.1) is 10.2 Å². The Kier molecular flexibility index (Phi) is 6.68. The van der Waals surface area contributed by atoms with Crippen molar-refractivity contribution in [2.75, 3.05) is 17.2 Å². The van der Waals surface area contributed by atoms with Crippen LogP contribution in [-0.2, 0) is 11.8 Å². The predicted octanol–water partition coefficient (Wildman–Crippen LogP) is 4.14. The summed E-state index contributed by atoms with van der Waals surface area (Å²) in [5.74, 6) is 0.937. The Morgan fingerprint density at radius 3 is 2.55 bits per heavy atom. The van der Waals surface area contributed by atoms with Crippen LogP contribution in [-0.4, -0.2) is 33.0 Å². The number of anilines is 1. The third kappa shape index (κ3) is 4.84. The molecule has 0 atom stereocenters. The van der Waals surface area contributed by atoms with Gasteiger partial charge in [0.15, 0.2) is 11.0 Å². The molecule has 0 aliphatic heterocycles. The fourth-order valence-electron chi connectivity index (χ4n) is 2.99. The van der Waals surface area contributed by atoms with Gasteiger partial charge in [0.25, 0.3) is 0 Å². The molecular formula is C22H23N5OS. The molecule has 7 heteroatoms. The third-order valence-electron chi connectivity index (χ3n) is 4.64. The van der Waals surface area contributed by atoms with Crippen molar-refractivity contribution < 1.29 is 4.79 Å². The van der Waals surface area contributed by atoms with Crippen molar-refractivity contribution in [3.05, 3.63) is 59.7 Å². The molecule has 0 unspecified atom stereocenters. The average Bonchev–Trinajstić information content (AvgIpc) is 3.08. The summed E-state index contributed by atoms with van der Waals surface area (Å²) in [5.41, 5.74) is 4.07. The molecular weight excluding hydrogens is 382 g/mol. The zero-order chi connectivity index (χ0) is 20.8. The Balaban J connectivity index is 1.74. The quantitative estimate of drug-likeness (QED) is 0.552. The van der Waals surface area contributed by atoms with E-state index in [1.807, 2.05) is 74.0 Å². The molecule has 2 aromatic carbocycles. The van der Waals surface area contributed by atoms with Gasteiger partial charge in [-0.1, -0.05) is 53.7 Å². The number of thioether (sulfide) groups is 1. The number of aryl methyl sites for hydroxylation is 2. The molecule has 0 saturated heterocycles. The monoisotopic (exact) mass is 405 g/mol. The molecule has 0 radical (unpaired) electrons. The fourth-order valence-corrected chi connectivity index (χ4v) is 3.77. The largest absolute Gasteiger partial charge is 0.311 e. The van der Waals surface area contributed by atoms with Crippen molar-refractivity contribution >= 4 is 23.4 Å². The van der Waals surface area contributed by atoms with Crippen molar-refractivity contribution in [2.45, 2.75) is 25.4 Å². The molecule has 1 amide bonds. The van der Waals surface area contributed by atoms with Gasteiger partial charge in [-0.05, 0) is 31.5 Å². The van der Waals surface area contributed by atoms with Crippen LogP contribution in [0.1, 0.15) is 17.5 Å². The first-order chi connectivity index (χ1) is 14.0. The molecule has 3 aromatic rings. The summed E-state index contributed by atoms with van der Waals surface area (Å²) in [6.07, 6.45) is 0.283. The molecule has 0 spiro atoms. The molecule has 6 nitrogen and oxygen atoms in total. The summed E-state index contributed by atoms with van der Waals surface area (Å²) < 4.78 is 1.91. The van der Waals surface area contributed by atoms with E-state index in [0.717, 1.165) is 28.2 Å². The highest BCUT2D eigenvalue weighted by atomic mass is 32.2. The lowest BCUT2D eigenvalue weighted by Crippen LogP contribution is -2.33. The topological polar surface area (TPSA) is 74.8 Å². The van der Waals surface area contributed by atoms with Gasteiger partial charge in [0.2, 0.25) is 5.91 Å². The van der Waals surface area contributed by atoms with E-state index in [9.17, 15) is 4.79 Å². The second-order valence-corrected chi connectivity index (χ2v) is 7.70. The molecule has 148 valence electrons. The molecule has 0 fully saturated rings. The van der Waals surface area contributed by atoms with Crippen LogP contribution in [0.5, 0.6) is 0 Å². The van der Waals surface area contributed by atoms with Gasteiger partial charge >= 0.3 is 0 Å². The maximum Gasteiger partial charge on any atom is 0.237 e. The first kappa shape index (κ1) is 20.6. The zero-order valence-corrected chi connectivity index (χ0v) is 17.6. The molecule has 0 aliphatic rings. The van der Waals surface area contributed by atoms with Gasteiger partial charge in [-0.25, -0.2) is 0 Å². The van der Waals surface area contributed by atoms with E-state index in [1.54, 1.807) is 4.90 Å². The van der Waals surface area contributed by atoms with Crippen LogP contribution in [0, 0.1) is 25.2 Å². The molecule has 3 rings (SSSR count). The Morgan fingerprint density at radius 1 is 1.14 bits per heavy atom. The lowest BCUT2D eigenvalue weighted by Gasteiger charge is -2.21. The average molecular weight is 406 g/mol. The van der Waals surface area contributed by atoms with Crippen molar-refractivity contribution in [1.82, 2.24) is 14.8 Å². The fraction of sp³-hybridized carbons (Fsp3) is 0.273. The van der Waals surface area contributed by atoms with Crippen LogP contribution in [0.3, 0.4) is 0 Å². The molecule has 1 aromatic heterocycles. The van der Waals surface area contributed by atoms with Crippen LogP contribution in [0.15, 0.2) is 53.7 Å². The lowest BCUT2D eigenvalue weighted by atomic mass is 10.1. The summed E-state index contributed by atoms with van der Waals surface area (Å²) >= 11 is 1.35. The van der Waals surface area contributed by atoms with Crippen LogP contribution in [0.2, 0.25) is 0 Å². The van der Waals surface area contributed by atoms with Crippen LogP contribution in [0.4, 0.5) is 5.69 Å². The standard InChI is InChI=1S/C22H23N5OS/c1-16-9-11-18(12-10-16)27(14-6-13-23)20(28)15-29-22-25-24-21(26(22)3)19-8-5-4-7-17(19)2/h4-5,7-12H,6,14-15H2,1-3H3. The highest BCUT2D eigenvalue weighted by Crippen LogP contribution is 2.26. The molecule has 29 heavy (non-hydrogen) atoms. The number of hydrogen-bond acceptors (Lipinski definition) is 5. The number of nitriles is 1. The summed E-state index contributed by atoms with van der Waals surface area (Å²) in [6.45, 7) is 4.41. The van der Waals surface area contributed by atoms with Crippen molar-refractivity contribution in [1.29, 1.82) is 5.26 Å². The van der Waals surface area contributed by atoms with Gasteiger partial charge in [-0.3, -0.25) is 4.79 Å². The highest BCUT2D eigenvalue weighted by molar-refractivity contribution is 7.99. The van der Waals surface area contributed by atoms with Gasteiger partial charge < -0.3 is 9.47 Å². The van der Waals surface area contributed by atoms with Gasteiger partial charge in [-0.2, -0.15) is 5.26 Å². The van der Waals surface area contributed by atoms with Gasteiger partial charge in [0, 0.05) is 24.8 Å². The number of carbonyl (C=O) groups excluding carboxylic acids is 1. The van der Waals surface area contributed by atoms with E-state index < -0.39 is 0 Å². The van der Waals surface area contributed by atoms with Crippen molar-refractivity contribution in [3.8, 4) is 17.5 Å². The SMILES string of the molecule is Cc1ccc(N(CCC#N)C(=O)CSc2nnc(-c3ccccc3C)n2C)cc1. The van der Waals surface area contributed by atoms with E-state index in [2.05, 4.69) is 16.3 Å². The Labute approximate surface area is 175 Å². The van der Waals surface area contributed by atoms with Crippen LogP contribution >= 0.6 is 11.8 Å². The molecule has 0 N–H and O–H groups in total. The smallest absolute Gasteiger partial charge is 0.237 e. The number of carbonyl (C=O) groups is 1. The number of rotatable bonds is 7. The number of nitrogens with zero attached hydrogens (tertiary/aromatic N) is 5. The van der Waals surface area contributed by atoms with Crippen molar-refractivity contribution in [2.24, 2.45) is 7.05 Å². The maximum atomic E-state index is 12.9. The predicted molar refractivity (Wildman–Crippen MR) is 116 cm³/mol. The number of amides is 1. The first-order valence-electron chi connectivity index (χ1n) is 9.33. The number of benzene rings is 2. The van der Waals surface area contributed by atoms with E-state index in [0.29, 0.717) is 11.7 Å². The lowest BCUT2D eigenvalue weighted by molar-refractivity contribution is -0.116. The number of hydrogen-bond donors (Lipinski definition) is 0. The first-order valence-corrected chi connectivity index (χ1v) is 10.3. The molecule has 0 bridgehead atoms. The summed E-state index contributed by atoms with van der Waals surface area (Å²) in [5, 5.41) is 18.2. The second-order valence-electron chi connectivity index (χ2n) is 6.76. The van der Waals surface area contributed by atoms with Crippen molar-refractivity contribution in [3.63, 3.8) is 0 Å². The van der Waals surface area contributed by atoms with Crippen LogP contribution in [0.25, 0.3) is 11.4 Å². The minimum Gasteiger partial charge on any atom is -0.311 e. The summed E-state index contributed by atoms with van der Waals surface area (Å²) in [7, 11) is 1.90. The van der Waals surface area contributed by atoms with E-state index in [1.165, 1.54) is 11.8 Å². The number of aromatic nitrogens is 3. The summed E-state index contributed by atoms with van der Waals surface area (Å²) in [4.78, 5) is 14.5. The highest BCUT2D eigenvalue weighted by Gasteiger charge is 2.18. The second kappa shape index (κ2) is 9.39.